The van der Waals surface area contributed by atoms with Gasteiger partial charge in [-0.15, -0.1) is 0 Å². The second-order valence-corrected chi connectivity index (χ2v) is 5.76. The molecule has 2 aromatic carbocycles. The third-order valence-corrected chi connectivity index (χ3v) is 3.94. The van der Waals surface area contributed by atoms with E-state index in [1.165, 1.54) is 22.3 Å². The molecule has 1 heterocycles. The minimum atomic E-state index is 0.843. The molecule has 0 aliphatic heterocycles. The van der Waals surface area contributed by atoms with Crippen molar-refractivity contribution in [1.29, 1.82) is 0 Å². The second-order valence-electron chi connectivity index (χ2n) is 5.76. The second kappa shape index (κ2) is 7.64. The Morgan fingerprint density at radius 3 is 1.62 bits per heavy atom. The van der Waals surface area contributed by atoms with Crippen LogP contribution >= 0.6 is 0 Å². The van der Waals surface area contributed by atoms with Crippen molar-refractivity contribution in [2.75, 3.05) is 14.2 Å². The van der Waals surface area contributed by atoms with E-state index in [-0.39, 0.29) is 0 Å². The van der Waals surface area contributed by atoms with Gasteiger partial charge < -0.3 is 9.47 Å². The summed E-state index contributed by atoms with van der Waals surface area (Å²) >= 11 is 0. The maximum atomic E-state index is 5.29. The van der Waals surface area contributed by atoms with Crippen LogP contribution in [-0.2, 0) is 12.8 Å². The number of benzene rings is 2. The van der Waals surface area contributed by atoms with Crippen molar-refractivity contribution >= 4 is 0 Å². The maximum Gasteiger partial charge on any atom is 0.119 e. The van der Waals surface area contributed by atoms with Crippen molar-refractivity contribution < 1.29 is 9.47 Å². The first-order chi connectivity index (χ1) is 11.8. The molecule has 0 amide bonds. The zero-order valence-electron chi connectivity index (χ0n) is 14.0. The number of hydrogen-bond donors (Lipinski definition) is 0. The van der Waals surface area contributed by atoms with Crippen molar-refractivity contribution in [3.63, 3.8) is 0 Å². The first-order valence-corrected chi connectivity index (χ1v) is 7.95. The van der Waals surface area contributed by atoms with Gasteiger partial charge in [-0.25, -0.2) is 0 Å². The average molecular weight is 319 g/mol. The molecule has 0 saturated carbocycles. The number of aromatic nitrogens is 1. The van der Waals surface area contributed by atoms with Crippen LogP contribution in [0.5, 0.6) is 11.5 Å². The Morgan fingerprint density at radius 2 is 1.17 bits per heavy atom. The minimum Gasteiger partial charge on any atom is -0.497 e. The Labute approximate surface area is 142 Å². The summed E-state index contributed by atoms with van der Waals surface area (Å²) in [6.07, 6.45) is 5.54. The summed E-state index contributed by atoms with van der Waals surface area (Å²) in [5.41, 5.74) is 4.83. The molecule has 1 aromatic heterocycles. The van der Waals surface area contributed by atoms with Crippen LogP contribution in [0.3, 0.4) is 0 Å². The Kier molecular flexibility index (Phi) is 5.12. The van der Waals surface area contributed by atoms with E-state index >= 15 is 0 Å². The van der Waals surface area contributed by atoms with Gasteiger partial charge in [0.1, 0.15) is 11.5 Å². The lowest BCUT2D eigenvalue weighted by Crippen LogP contribution is -1.95. The van der Waals surface area contributed by atoms with Crippen LogP contribution in [0.4, 0.5) is 0 Å². The molecular weight excluding hydrogens is 298 g/mol. The van der Waals surface area contributed by atoms with Crippen molar-refractivity contribution in [1.82, 2.24) is 4.98 Å². The van der Waals surface area contributed by atoms with E-state index < -0.39 is 0 Å². The van der Waals surface area contributed by atoms with Gasteiger partial charge in [0.2, 0.25) is 0 Å². The van der Waals surface area contributed by atoms with Crippen LogP contribution in [0.1, 0.15) is 22.3 Å². The predicted octanol–water partition coefficient (Wildman–Crippen LogP) is 4.28. The fourth-order valence-electron chi connectivity index (χ4n) is 2.77. The summed E-state index contributed by atoms with van der Waals surface area (Å²) in [5, 5.41) is 0. The molecule has 0 atom stereocenters. The predicted molar refractivity (Wildman–Crippen MR) is 95.8 cm³/mol. The molecule has 0 N–H and O–H groups in total. The lowest BCUT2D eigenvalue weighted by molar-refractivity contribution is 0.414. The molecule has 3 rings (SSSR count). The Balaban J connectivity index is 1.76. The highest BCUT2D eigenvalue weighted by atomic mass is 16.5. The molecule has 3 heteroatoms. The third kappa shape index (κ3) is 4.13. The highest BCUT2D eigenvalue weighted by Crippen LogP contribution is 2.19. The summed E-state index contributed by atoms with van der Waals surface area (Å²) in [6, 6.07) is 18.5. The van der Waals surface area contributed by atoms with Gasteiger partial charge in [-0.2, -0.15) is 0 Å². The average Bonchev–Trinajstić information content (AvgIpc) is 2.62. The molecule has 0 aliphatic rings. The van der Waals surface area contributed by atoms with Gasteiger partial charge in [0.05, 0.1) is 14.2 Å². The zero-order valence-corrected chi connectivity index (χ0v) is 14.0. The number of hydrogen-bond acceptors (Lipinski definition) is 3. The van der Waals surface area contributed by atoms with Crippen LogP contribution in [0.25, 0.3) is 0 Å². The van der Waals surface area contributed by atoms with Crippen molar-refractivity contribution in [3.05, 3.63) is 89.2 Å². The molecule has 0 fully saturated rings. The molecule has 0 saturated heterocycles. The van der Waals surface area contributed by atoms with E-state index in [1.807, 2.05) is 36.7 Å². The Morgan fingerprint density at radius 1 is 0.667 bits per heavy atom. The molecule has 3 aromatic rings. The largest absolute Gasteiger partial charge is 0.497 e. The van der Waals surface area contributed by atoms with E-state index in [1.54, 1.807) is 14.2 Å². The van der Waals surface area contributed by atoms with E-state index in [2.05, 4.69) is 35.3 Å². The Bertz CT molecular complexity index is 749. The molecule has 0 radical (unpaired) electrons. The van der Waals surface area contributed by atoms with Gasteiger partial charge in [0.15, 0.2) is 0 Å². The third-order valence-electron chi connectivity index (χ3n) is 3.94. The van der Waals surface area contributed by atoms with Crippen LogP contribution in [0.2, 0.25) is 0 Å². The number of nitrogens with zero attached hydrogens (tertiary/aromatic N) is 1. The number of ether oxygens (including phenoxy) is 2. The number of rotatable bonds is 6. The van der Waals surface area contributed by atoms with Gasteiger partial charge in [-0.05, 0) is 59.4 Å². The van der Waals surface area contributed by atoms with Crippen molar-refractivity contribution in [2.24, 2.45) is 0 Å². The zero-order chi connectivity index (χ0) is 16.8. The van der Waals surface area contributed by atoms with Gasteiger partial charge >= 0.3 is 0 Å². The van der Waals surface area contributed by atoms with Crippen LogP contribution < -0.4 is 9.47 Å². The topological polar surface area (TPSA) is 31.4 Å². The molecule has 122 valence electrons. The van der Waals surface area contributed by atoms with Crippen LogP contribution in [0, 0.1) is 0 Å². The normalized spacial score (nSPS) is 10.4. The molecule has 3 nitrogen and oxygen atoms in total. The molecule has 0 spiro atoms. The number of methoxy groups -OCH3 is 2. The highest BCUT2D eigenvalue weighted by molar-refractivity contribution is 5.35. The van der Waals surface area contributed by atoms with Gasteiger partial charge in [0, 0.05) is 12.4 Å². The summed E-state index contributed by atoms with van der Waals surface area (Å²) in [7, 11) is 3.38. The van der Waals surface area contributed by atoms with Crippen LogP contribution in [0.15, 0.2) is 67.0 Å². The number of pyridine rings is 1. The molecule has 0 aliphatic carbocycles. The molecule has 0 bridgehead atoms. The SMILES string of the molecule is COc1cccc(Cc2cncc(Cc3cccc(OC)c3)c2)c1. The van der Waals surface area contributed by atoms with Gasteiger partial charge in [-0.3, -0.25) is 4.98 Å². The van der Waals surface area contributed by atoms with E-state index in [0.717, 1.165) is 24.3 Å². The summed E-state index contributed by atoms with van der Waals surface area (Å²) in [4.78, 5) is 4.40. The van der Waals surface area contributed by atoms with Crippen molar-refractivity contribution in [2.45, 2.75) is 12.8 Å². The standard InChI is InChI=1S/C21H21NO2/c1-23-20-7-3-5-16(12-20)9-18-11-19(15-22-14-18)10-17-6-4-8-21(13-17)24-2/h3-8,11-15H,9-10H2,1-2H3. The summed E-state index contributed by atoms with van der Waals surface area (Å²) in [6.45, 7) is 0. The molecule has 24 heavy (non-hydrogen) atoms. The fraction of sp³-hybridized carbons (Fsp3) is 0.190. The fourth-order valence-corrected chi connectivity index (χ4v) is 2.77. The Hall–Kier alpha value is -2.81. The summed E-state index contributed by atoms with van der Waals surface area (Å²) in [5.74, 6) is 1.76. The van der Waals surface area contributed by atoms with E-state index in [0.29, 0.717) is 0 Å². The smallest absolute Gasteiger partial charge is 0.119 e. The van der Waals surface area contributed by atoms with Crippen LogP contribution in [-0.4, -0.2) is 19.2 Å². The first kappa shape index (κ1) is 16.1. The lowest BCUT2D eigenvalue weighted by Gasteiger charge is -2.08. The van der Waals surface area contributed by atoms with Gasteiger partial charge in [0.25, 0.3) is 0 Å². The minimum absolute atomic E-state index is 0.843. The monoisotopic (exact) mass is 319 g/mol. The highest BCUT2D eigenvalue weighted by Gasteiger charge is 2.03. The van der Waals surface area contributed by atoms with E-state index in [9.17, 15) is 0 Å². The molecule has 0 unspecified atom stereocenters. The quantitative estimate of drug-likeness (QED) is 0.679. The van der Waals surface area contributed by atoms with E-state index in [4.69, 9.17) is 9.47 Å². The summed E-state index contributed by atoms with van der Waals surface area (Å²) < 4.78 is 10.6. The lowest BCUT2D eigenvalue weighted by atomic mass is 10.0. The maximum absolute atomic E-state index is 5.29. The van der Waals surface area contributed by atoms with Crippen molar-refractivity contribution in [3.8, 4) is 11.5 Å². The van der Waals surface area contributed by atoms with Gasteiger partial charge in [-0.1, -0.05) is 30.3 Å². The first-order valence-electron chi connectivity index (χ1n) is 7.95. The molecular formula is C21H21NO2.